The fraction of sp³-hybridized carbons (Fsp3) is 0.222. The van der Waals surface area contributed by atoms with Gasteiger partial charge in [-0.3, -0.25) is 9.59 Å². The van der Waals surface area contributed by atoms with Crippen molar-refractivity contribution in [2.24, 2.45) is 5.73 Å². The minimum atomic E-state index is -0.555. The second-order valence-corrected chi connectivity index (χ2v) is 5.39. The molecule has 8 nitrogen and oxygen atoms in total. The molecule has 0 aliphatic carbocycles. The Bertz CT molecular complexity index is 808. The van der Waals surface area contributed by atoms with Crippen LogP contribution in [0, 0.1) is 0 Å². The summed E-state index contributed by atoms with van der Waals surface area (Å²) < 4.78 is 21.4. The molecule has 136 valence electrons. The fourth-order valence-corrected chi connectivity index (χ4v) is 2.27. The Balaban J connectivity index is 1.36. The van der Waals surface area contributed by atoms with Gasteiger partial charge in [-0.25, -0.2) is 0 Å². The quantitative estimate of drug-likeness (QED) is 0.684. The van der Waals surface area contributed by atoms with E-state index in [0.717, 1.165) is 0 Å². The lowest BCUT2D eigenvalue weighted by molar-refractivity contribution is -0.123. The van der Waals surface area contributed by atoms with Crippen molar-refractivity contribution in [3.8, 4) is 23.0 Å². The minimum Gasteiger partial charge on any atom is -0.492 e. The highest BCUT2D eigenvalue weighted by Crippen LogP contribution is 2.34. The number of benzene rings is 2. The maximum atomic E-state index is 11.8. The van der Waals surface area contributed by atoms with Gasteiger partial charge < -0.3 is 30.0 Å². The second-order valence-electron chi connectivity index (χ2n) is 5.39. The molecule has 2 aromatic rings. The van der Waals surface area contributed by atoms with E-state index in [2.05, 4.69) is 5.32 Å². The van der Waals surface area contributed by atoms with Crippen LogP contribution in [0.1, 0.15) is 10.4 Å². The Kier molecular flexibility index (Phi) is 5.43. The molecule has 2 amide bonds. The molecule has 0 saturated carbocycles. The maximum Gasteiger partial charge on any atom is 0.258 e. The third kappa shape index (κ3) is 4.56. The highest BCUT2D eigenvalue weighted by molar-refractivity contribution is 5.93. The minimum absolute atomic E-state index is 0.174. The van der Waals surface area contributed by atoms with Crippen molar-refractivity contribution >= 4 is 11.8 Å². The molecule has 2 aromatic carbocycles. The number of carbonyl (C=O) groups is 2. The van der Waals surface area contributed by atoms with Crippen molar-refractivity contribution in [2.45, 2.75) is 0 Å². The van der Waals surface area contributed by atoms with Gasteiger partial charge in [0.25, 0.3) is 5.91 Å². The van der Waals surface area contributed by atoms with E-state index in [4.69, 9.17) is 24.7 Å². The average Bonchev–Trinajstić information content (AvgIpc) is 3.11. The number of rotatable bonds is 8. The summed E-state index contributed by atoms with van der Waals surface area (Å²) in [6.45, 7) is 0.643. The van der Waals surface area contributed by atoms with Gasteiger partial charge in [0.05, 0.1) is 6.54 Å². The fourth-order valence-electron chi connectivity index (χ4n) is 2.27. The number of ether oxygens (including phenoxy) is 4. The number of fused-ring (bicyclic) bond motifs is 1. The van der Waals surface area contributed by atoms with Gasteiger partial charge in [0.2, 0.25) is 12.7 Å². The zero-order chi connectivity index (χ0) is 18.4. The van der Waals surface area contributed by atoms with E-state index in [9.17, 15) is 9.59 Å². The summed E-state index contributed by atoms with van der Waals surface area (Å²) in [4.78, 5) is 22.9. The van der Waals surface area contributed by atoms with Crippen LogP contribution >= 0.6 is 0 Å². The summed E-state index contributed by atoms with van der Waals surface area (Å²) in [5.74, 6) is 1.49. The lowest BCUT2D eigenvalue weighted by Gasteiger charge is -2.09. The monoisotopic (exact) mass is 358 g/mol. The van der Waals surface area contributed by atoms with Gasteiger partial charge in [-0.1, -0.05) is 6.07 Å². The van der Waals surface area contributed by atoms with E-state index >= 15 is 0 Å². The number of hydrogen-bond acceptors (Lipinski definition) is 6. The van der Waals surface area contributed by atoms with Crippen molar-refractivity contribution in [3.05, 3.63) is 48.0 Å². The average molecular weight is 358 g/mol. The van der Waals surface area contributed by atoms with Crippen LogP contribution in [0.4, 0.5) is 0 Å². The van der Waals surface area contributed by atoms with Crippen LogP contribution in [0.2, 0.25) is 0 Å². The molecule has 0 radical (unpaired) electrons. The van der Waals surface area contributed by atoms with Crippen molar-refractivity contribution in [1.82, 2.24) is 5.32 Å². The number of amides is 2. The molecule has 0 saturated heterocycles. The first-order valence-corrected chi connectivity index (χ1v) is 7.93. The van der Waals surface area contributed by atoms with E-state index in [-0.39, 0.29) is 19.3 Å². The Hall–Kier alpha value is -3.42. The summed E-state index contributed by atoms with van der Waals surface area (Å²) in [5, 5.41) is 2.68. The third-order valence-electron chi connectivity index (χ3n) is 3.53. The lowest BCUT2D eigenvalue weighted by atomic mass is 10.2. The Morgan fingerprint density at radius 2 is 1.85 bits per heavy atom. The topological polar surface area (TPSA) is 109 Å². The normalized spacial score (nSPS) is 11.7. The number of nitrogens with one attached hydrogen (secondary N) is 1. The third-order valence-corrected chi connectivity index (χ3v) is 3.53. The molecule has 0 fully saturated rings. The molecule has 3 rings (SSSR count). The predicted molar refractivity (Wildman–Crippen MR) is 91.5 cm³/mol. The summed E-state index contributed by atoms with van der Waals surface area (Å²) in [5.41, 5.74) is 5.51. The van der Waals surface area contributed by atoms with Gasteiger partial charge >= 0.3 is 0 Å². The summed E-state index contributed by atoms with van der Waals surface area (Å²) in [7, 11) is 0. The molecule has 0 bridgehead atoms. The molecule has 26 heavy (non-hydrogen) atoms. The molecule has 1 aliphatic rings. The van der Waals surface area contributed by atoms with Crippen LogP contribution in [-0.2, 0) is 4.79 Å². The van der Waals surface area contributed by atoms with Gasteiger partial charge in [0.1, 0.15) is 18.1 Å². The molecule has 8 heteroatoms. The molecule has 0 aromatic heterocycles. The number of primary amides is 1. The summed E-state index contributed by atoms with van der Waals surface area (Å²) in [6, 6.07) is 11.6. The number of hydrogen-bond donors (Lipinski definition) is 2. The largest absolute Gasteiger partial charge is 0.492 e. The standard InChI is InChI=1S/C18H18N2O6/c19-18(22)12-2-1-3-13(8-12)24-10-17(21)20-6-7-23-14-4-5-15-16(9-14)26-11-25-15/h1-5,8-9H,6-7,10-11H2,(H2,19,22)(H,20,21). The van der Waals surface area contributed by atoms with Gasteiger partial charge in [-0.05, 0) is 30.3 Å². The molecular weight excluding hydrogens is 340 g/mol. The second kappa shape index (κ2) is 8.11. The zero-order valence-electron chi connectivity index (χ0n) is 13.9. The summed E-state index contributed by atoms with van der Waals surface area (Å²) >= 11 is 0. The number of nitrogens with two attached hydrogens (primary N) is 1. The van der Waals surface area contributed by atoms with Gasteiger partial charge in [0, 0.05) is 11.6 Å². The molecular formula is C18H18N2O6. The highest BCUT2D eigenvalue weighted by Gasteiger charge is 2.13. The van der Waals surface area contributed by atoms with Gasteiger partial charge in [-0.2, -0.15) is 0 Å². The van der Waals surface area contributed by atoms with Gasteiger partial charge in [0.15, 0.2) is 18.1 Å². The van der Waals surface area contributed by atoms with Crippen molar-refractivity contribution in [2.75, 3.05) is 26.6 Å². The Morgan fingerprint density at radius 1 is 1.04 bits per heavy atom. The van der Waals surface area contributed by atoms with Crippen LogP contribution in [0.15, 0.2) is 42.5 Å². The lowest BCUT2D eigenvalue weighted by Crippen LogP contribution is -2.32. The molecule has 0 spiro atoms. The van der Waals surface area contributed by atoms with Crippen LogP contribution in [0.5, 0.6) is 23.0 Å². The van der Waals surface area contributed by atoms with Crippen LogP contribution in [0.25, 0.3) is 0 Å². The molecule has 3 N–H and O–H groups in total. The molecule has 1 aliphatic heterocycles. The number of carbonyl (C=O) groups excluding carboxylic acids is 2. The predicted octanol–water partition coefficient (Wildman–Crippen LogP) is 1.09. The molecule has 0 atom stereocenters. The molecule has 0 unspecified atom stereocenters. The van der Waals surface area contributed by atoms with E-state index in [1.165, 1.54) is 6.07 Å². The Morgan fingerprint density at radius 3 is 2.69 bits per heavy atom. The smallest absolute Gasteiger partial charge is 0.258 e. The first-order valence-electron chi connectivity index (χ1n) is 7.93. The highest BCUT2D eigenvalue weighted by atomic mass is 16.7. The first-order chi connectivity index (χ1) is 12.6. The van der Waals surface area contributed by atoms with E-state index in [1.54, 1.807) is 36.4 Å². The Labute approximate surface area is 149 Å². The molecule has 1 heterocycles. The van der Waals surface area contributed by atoms with E-state index in [0.29, 0.717) is 41.7 Å². The van der Waals surface area contributed by atoms with E-state index in [1.807, 2.05) is 0 Å². The SMILES string of the molecule is NC(=O)c1cccc(OCC(=O)NCCOc2ccc3c(c2)OCO3)c1. The van der Waals surface area contributed by atoms with Crippen molar-refractivity contribution < 1.29 is 28.5 Å². The van der Waals surface area contributed by atoms with Crippen LogP contribution in [-0.4, -0.2) is 38.4 Å². The van der Waals surface area contributed by atoms with Crippen molar-refractivity contribution in [3.63, 3.8) is 0 Å². The van der Waals surface area contributed by atoms with Crippen molar-refractivity contribution in [1.29, 1.82) is 0 Å². The zero-order valence-corrected chi connectivity index (χ0v) is 13.9. The van der Waals surface area contributed by atoms with Crippen LogP contribution in [0.3, 0.4) is 0 Å². The maximum absolute atomic E-state index is 11.8. The first kappa shape index (κ1) is 17.4. The van der Waals surface area contributed by atoms with Crippen LogP contribution < -0.4 is 30.0 Å². The summed E-state index contributed by atoms with van der Waals surface area (Å²) in [6.07, 6.45) is 0. The van der Waals surface area contributed by atoms with E-state index < -0.39 is 5.91 Å². The van der Waals surface area contributed by atoms with Gasteiger partial charge in [-0.15, -0.1) is 0 Å².